The van der Waals surface area contributed by atoms with Gasteiger partial charge in [-0.25, -0.2) is 0 Å². The molecule has 0 unspecified atom stereocenters. The third-order valence-corrected chi connectivity index (χ3v) is 3.05. The number of para-hydroxylation sites is 1. The normalized spacial score (nSPS) is 10.2. The summed E-state index contributed by atoms with van der Waals surface area (Å²) >= 11 is 12.3. The van der Waals surface area contributed by atoms with Gasteiger partial charge >= 0.3 is 0 Å². The first-order chi connectivity index (χ1) is 7.68. The topological polar surface area (TPSA) is 12.0 Å². The van der Waals surface area contributed by atoms with E-state index < -0.39 is 0 Å². The molecule has 16 heavy (non-hydrogen) atoms. The van der Waals surface area contributed by atoms with Crippen LogP contribution < -0.4 is 5.32 Å². The third-order valence-electron chi connectivity index (χ3n) is 2.25. The van der Waals surface area contributed by atoms with Gasteiger partial charge in [-0.1, -0.05) is 47.5 Å². The molecule has 1 N–H and O–H groups in total. The van der Waals surface area contributed by atoms with Crippen molar-refractivity contribution in [2.75, 3.05) is 5.32 Å². The smallest absolute Gasteiger partial charge is 0.0765 e. The van der Waals surface area contributed by atoms with Gasteiger partial charge in [-0.2, -0.15) is 0 Å². The van der Waals surface area contributed by atoms with Crippen molar-refractivity contribution >= 4 is 34.6 Å². The highest BCUT2D eigenvalue weighted by Gasteiger charge is 2.08. The molecule has 2 rings (SSSR count). The Kier molecular flexibility index (Phi) is 3.37. The minimum Gasteiger partial charge on any atom is -0.353 e. The van der Waals surface area contributed by atoms with Crippen molar-refractivity contribution in [3.63, 3.8) is 0 Å². The minimum atomic E-state index is 0.604. The molecule has 0 spiro atoms. The molecule has 0 aliphatic carbocycles. The molecule has 0 aliphatic rings. The lowest BCUT2D eigenvalue weighted by atomic mass is 10.2. The van der Waals surface area contributed by atoms with Gasteiger partial charge in [0.25, 0.3) is 0 Å². The largest absolute Gasteiger partial charge is 0.353 e. The fourth-order valence-corrected chi connectivity index (χ4v) is 1.84. The quantitative estimate of drug-likeness (QED) is 0.804. The summed E-state index contributed by atoms with van der Waals surface area (Å²) < 4.78 is 0. The second kappa shape index (κ2) is 4.77. The number of nitrogens with one attached hydrogen (secondary N) is 1. The van der Waals surface area contributed by atoms with Gasteiger partial charge in [0.05, 0.1) is 15.7 Å². The van der Waals surface area contributed by atoms with Crippen molar-refractivity contribution in [3.8, 4) is 0 Å². The monoisotopic (exact) mass is 250 g/mol. The lowest BCUT2D eigenvalue weighted by Gasteiger charge is -2.11. The Bertz CT molecular complexity index is 495. The van der Waals surface area contributed by atoms with Crippen molar-refractivity contribution in [2.45, 2.75) is 6.92 Å². The molecule has 0 fully saturated rings. The van der Waals surface area contributed by atoms with E-state index in [4.69, 9.17) is 23.2 Å². The van der Waals surface area contributed by atoms with Gasteiger partial charge in [-0.15, -0.1) is 0 Å². The first-order valence-corrected chi connectivity index (χ1v) is 5.62. The van der Waals surface area contributed by atoms with Crippen LogP contribution in [0.4, 0.5) is 11.4 Å². The highest BCUT2D eigenvalue weighted by molar-refractivity contribution is 6.39. The van der Waals surface area contributed by atoms with E-state index in [9.17, 15) is 0 Å². The maximum atomic E-state index is 6.19. The summed E-state index contributed by atoms with van der Waals surface area (Å²) in [6, 6.07) is 14.4. The van der Waals surface area contributed by atoms with Crippen LogP contribution in [0.2, 0.25) is 10.0 Å². The van der Waals surface area contributed by atoms with Crippen LogP contribution in [-0.4, -0.2) is 0 Å². The number of hydrogen-bond donors (Lipinski definition) is 1. The van der Waals surface area contributed by atoms with E-state index in [1.807, 2.05) is 43.3 Å². The van der Waals surface area contributed by atoms with Gasteiger partial charge < -0.3 is 5.32 Å². The Labute approximate surface area is 105 Å². The van der Waals surface area contributed by atoms with Crippen molar-refractivity contribution in [1.29, 1.82) is 0 Å². The number of aryl methyl sites for hydroxylation is 1. The molecule has 1 nitrogen and oxygen atoms in total. The molecule has 81 valence electrons. The van der Waals surface area contributed by atoms with E-state index in [2.05, 4.69) is 11.4 Å². The van der Waals surface area contributed by atoms with E-state index in [1.54, 1.807) is 0 Å². The van der Waals surface area contributed by atoms with Gasteiger partial charge in [0.1, 0.15) is 0 Å². The van der Waals surface area contributed by atoms with Crippen LogP contribution in [0.25, 0.3) is 0 Å². The number of benzene rings is 2. The molecular formula is C13H10Cl2N. The van der Waals surface area contributed by atoms with E-state index >= 15 is 0 Å². The summed E-state index contributed by atoms with van der Waals surface area (Å²) in [5, 5.41) is 4.41. The van der Waals surface area contributed by atoms with Crippen LogP contribution in [-0.2, 0) is 0 Å². The summed E-state index contributed by atoms with van der Waals surface area (Å²) in [5.74, 6) is 0. The summed E-state index contributed by atoms with van der Waals surface area (Å²) in [6.45, 7) is 1.94. The predicted molar refractivity (Wildman–Crippen MR) is 69.8 cm³/mol. The van der Waals surface area contributed by atoms with Crippen molar-refractivity contribution in [2.24, 2.45) is 0 Å². The maximum absolute atomic E-state index is 6.19. The number of hydrogen-bond acceptors (Lipinski definition) is 1. The summed E-state index contributed by atoms with van der Waals surface area (Å²) in [5.41, 5.74) is 2.56. The summed E-state index contributed by atoms with van der Waals surface area (Å²) in [4.78, 5) is 0. The Hall–Kier alpha value is -1.18. The van der Waals surface area contributed by atoms with Crippen LogP contribution in [0.15, 0.2) is 36.4 Å². The zero-order valence-corrected chi connectivity index (χ0v) is 10.2. The average Bonchev–Trinajstić information content (AvgIpc) is 2.31. The number of anilines is 2. The van der Waals surface area contributed by atoms with Crippen LogP contribution in [0.5, 0.6) is 0 Å². The fraction of sp³-hybridized carbons (Fsp3) is 0.0769. The van der Waals surface area contributed by atoms with E-state index in [1.165, 1.54) is 0 Å². The molecular weight excluding hydrogens is 241 g/mol. The molecule has 0 atom stereocenters. The molecule has 0 saturated heterocycles. The molecule has 0 saturated carbocycles. The summed E-state index contributed by atoms with van der Waals surface area (Å²) in [6.07, 6.45) is 0. The van der Waals surface area contributed by atoms with Crippen molar-refractivity contribution < 1.29 is 0 Å². The van der Waals surface area contributed by atoms with E-state index in [0.717, 1.165) is 16.9 Å². The molecule has 0 bridgehead atoms. The second-order valence-electron chi connectivity index (χ2n) is 3.45. The first-order valence-electron chi connectivity index (χ1n) is 4.87. The molecule has 0 amide bonds. The molecule has 1 radical (unpaired) electrons. The molecule has 0 aliphatic heterocycles. The molecule has 2 aromatic rings. The Morgan fingerprint density at radius 1 is 1.12 bits per heavy atom. The molecule has 0 aromatic heterocycles. The SMILES string of the molecule is Cc1ccc(Cl)c(Nc2[c]cccc2)c1Cl. The lowest BCUT2D eigenvalue weighted by molar-refractivity contribution is 1.45. The summed E-state index contributed by atoms with van der Waals surface area (Å²) in [7, 11) is 0. The highest BCUT2D eigenvalue weighted by atomic mass is 35.5. The van der Waals surface area contributed by atoms with Gasteiger partial charge in [0, 0.05) is 11.8 Å². The maximum Gasteiger partial charge on any atom is 0.0765 e. The van der Waals surface area contributed by atoms with Gasteiger partial charge in [-0.3, -0.25) is 0 Å². The Morgan fingerprint density at radius 3 is 2.62 bits per heavy atom. The zero-order valence-electron chi connectivity index (χ0n) is 8.72. The predicted octanol–water partition coefficient (Wildman–Crippen LogP) is 4.85. The third kappa shape index (κ3) is 2.31. The number of halogens is 2. The van der Waals surface area contributed by atoms with Crippen LogP contribution in [0, 0.1) is 13.0 Å². The standard InChI is InChI=1S/C13H10Cl2N/c1-9-7-8-11(14)13(12(9)15)16-10-5-3-2-4-6-10/h2-5,7-8,16H,1H3. The number of rotatable bonds is 2. The van der Waals surface area contributed by atoms with Gasteiger partial charge in [0.2, 0.25) is 0 Å². The van der Waals surface area contributed by atoms with Gasteiger partial charge in [-0.05, 0) is 24.6 Å². The van der Waals surface area contributed by atoms with Crippen LogP contribution in [0.3, 0.4) is 0 Å². The molecule has 0 heterocycles. The van der Waals surface area contributed by atoms with Crippen molar-refractivity contribution in [1.82, 2.24) is 0 Å². The lowest BCUT2D eigenvalue weighted by Crippen LogP contribution is -1.93. The van der Waals surface area contributed by atoms with Crippen LogP contribution in [0.1, 0.15) is 5.56 Å². The Balaban J connectivity index is 2.38. The average molecular weight is 251 g/mol. The zero-order chi connectivity index (χ0) is 11.5. The second-order valence-corrected chi connectivity index (χ2v) is 4.24. The first kappa shape index (κ1) is 11.3. The van der Waals surface area contributed by atoms with E-state index in [0.29, 0.717) is 10.0 Å². The van der Waals surface area contributed by atoms with Crippen LogP contribution >= 0.6 is 23.2 Å². The molecule has 2 aromatic carbocycles. The van der Waals surface area contributed by atoms with E-state index in [-0.39, 0.29) is 0 Å². The highest BCUT2D eigenvalue weighted by Crippen LogP contribution is 2.34. The minimum absolute atomic E-state index is 0.604. The van der Waals surface area contributed by atoms with Gasteiger partial charge in [0.15, 0.2) is 0 Å². The fourth-order valence-electron chi connectivity index (χ4n) is 1.38. The molecule has 3 heteroatoms. The Morgan fingerprint density at radius 2 is 1.94 bits per heavy atom. The van der Waals surface area contributed by atoms with Crippen molar-refractivity contribution in [3.05, 3.63) is 58.1 Å².